The lowest BCUT2D eigenvalue weighted by Crippen LogP contribution is -2.21. The molecule has 2 unspecified atom stereocenters. The molecule has 1 aliphatic carbocycles. The molecule has 0 spiro atoms. The second-order valence-corrected chi connectivity index (χ2v) is 6.56. The van der Waals surface area contributed by atoms with Crippen molar-refractivity contribution in [3.8, 4) is 0 Å². The van der Waals surface area contributed by atoms with E-state index in [1.54, 1.807) is 12.1 Å². The Bertz CT molecular complexity index is 804. The van der Waals surface area contributed by atoms with Crippen molar-refractivity contribution >= 4 is 34.8 Å². The number of benzene rings is 2. The van der Waals surface area contributed by atoms with Gasteiger partial charge in [-0.2, -0.15) is 0 Å². The predicted molar refractivity (Wildman–Crippen MR) is 96.2 cm³/mol. The van der Waals surface area contributed by atoms with Gasteiger partial charge < -0.3 is 10.6 Å². The number of aryl methyl sites for hydroxylation is 1. The van der Waals surface area contributed by atoms with Gasteiger partial charge in [0.15, 0.2) is 0 Å². The standard InChI is InChI=1S/C19H19ClN2O2/c1-11-6-3-4-8-16(11)21-18(23)13-10-14(13)19(24)22-17-9-5-7-15(20)12(17)2/h3-9,13-14H,10H2,1-2H3,(H,21,23)(H,22,24). The minimum absolute atomic E-state index is 0.104. The van der Waals surface area contributed by atoms with Crippen LogP contribution >= 0.6 is 11.6 Å². The highest BCUT2D eigenvalue weighted by molar-refractivity contribution is 6.31. The first-order valence-corrected chi connectivity index (χ1v) is 8.27. The van der Waals surface area contributed by atoms with Crippen LogP contribution in [-0.2, 0) is 9.59 Å². The summed E-state index contributed by atoms with van der Waals surface area (Å²) in [6.45, 7) is 3.79. The molecule has 4 nitrogen and oxygen atoms in total. The lowest BCUT2D eigenvalue weighted by Gasteiger charge is -2.10. The molecule has 2 atom stereocenters. The quantitative estimate of drug-likeness (QED) is 0.876. The Hall–Kier alpha value is -2.33. The minimum Gasteiger partial charge on any atom is -0.326 e. The highest BCUT2D eigenvalue weighted by Gasteiger charge is 2.48. The molecule has 0 radical (unpaired) electrons. The summed E-state index contributed by atoms with van der Waals surface area (Å²) in [6.07, 6.45) is 0.573. The smallest absolute Gasteiger partial charge is 0.228 e. The van der Waals surface area contributed by atoms with Crippen LogP contribution in [0.4, 0.5) is 11.4 Å². The molecule has 1 fully saturated rings. The van der Waals surface area contributed by atoms with Gasteiger partial charge in [-0.3, -0.25) is 9.59 Å². The molecule has 2 aromatic carbocycles. The third-order valence-corrected chi connectivity index (χ3v) is 4.80. The van der Waals surface area contributed by atoms with E-state index in [1.807, 2.05) is 44.2 Å². The fourth-order valence-corrected chi connectivity index (χ4v) is 2.86. The Morgan fingerprint density at radius 1 is 0.917 bits per heavy atom. The summed E-state index contributed by atoms with van der Waals surface area (Å²) < 4.78 is 0. The average Bonchev–Trinajstić information content (AvgIpc) is 3.35. The van der Waals surface area contributed by atoms with Gasteiger partial charge in [0.1, 0.15) is 0 Å². The maximum atomic E-state index is 12.3. The molecular formula is C19H19ClN2O2. The Kier molecular flexibility index (Phi) is 4.58. The number of hydrogen-bond acceptors (Lipinski definition) is 2. The number of carbonyl (C=O) groups excluding carboxylic acids is 2. The molecule has 124 valence electrons. The third-order valence-electron chi connectivity index (χ3n) is 4.39. The van der Waals surface area contributed by atoms with Crippen molar-refractivity contribution in [3.63, 3.8) is 0 Å². The molecule has 2 amide bonds. The normalized spacial score (nSPS) is 18.8. The van der Waals surface area contributed by atoms with E-state index in [0.29, 0.717) is 17.1 Å². The predicted octanol–water partition coefficient (Wildman–Crippen LogP) is 4.17. The molecule has 0 bridgehead atoms. The van der Waals surface area contributed by atoms with Crippen LogP contribution in [0.1, 0.15) is 17.5 Å². The lowest BCUT2D eigenvalue weighted by atomic mass is 10.2. The summed E-state index contributed by atoms with van der Waals surface area (Å²) in [5.74, 6) is -0.797. The molecule has 0 aliphatic heterocycles. The average molecular weight is 343 g/mol. The van der Waals surface area contributed by atoms with Crippen molar-refractivity contribution in [1.29, 1.82) is 0 Å². The van der Waals surface area contributed by atoms with Crippen LogP contribution < -0.4 is 10.6 Å². The van der Waals surface area contributed by atoms with Gasteiger partial charge in [0.05, 0.1) is 11.8 Å². The van der Waals surface area contributed by atoms with Crippen LogP contribution in [0, 0.1) is 25.7 Å². The number of anilines is 2. The summed E-state index contributed by atoms with van der Waals surface area (Å²) in [6, 6.07) is 13.0. The molecule has 3 rings (SSSR count). The Morgan fingerprint density at radius 2 is 1.50 bits per heavy atom. The van der Waals surface area contributed by atoms with Crippen molar-refractivity contribution in [1.82, 2.24) is 0 Å². The van der Waals surface area contributed by atoms with Gasteiger partial charge in [0.2, 0.25) is 11.8 Å². The van der Waals surface area contributed by atoms with Gasteiger partial charge in [-0.1, -0.05) is 35.9 Å². The molecule has 0 heterocycles. The van der Waals surface area contributed by atoms with E-state index in [1.165, 1.54) is 0 Å². The van der Waals surface area contributed by atoms with E-state index in [0.717, 1.165) is 16.8 Å². The first-order valence-electron chi connectivity index (χ1n) is 7.90. The first kappa shape index (κ1) is 16.5. The zero-order chi connectivity index (χ0) is 17.3. The fourth-order valence-electron chi connectivity index (χ4n) is 2.68. The van der Waals surface area contributed by atoms with Crippen LogP contribution in [0.15, 0.2) is 42.5 Å². The highest BCUT2D eigenvalue weighted by atomic mass is 35.5. The van der Waals surface area contributed by atoms with Gasteiger partial charge in [-0.05, 0) is 49.6 Å². The van der Waals surface area contributed by atoms with E-state index in [9.17, 15) is 9.59 Å². The molecule has 0 aromatic heterocycles. The highest BCUT2D eigenvalue weighted by Crippen LogP contribution is 2.40. The maximum Gasteiger partial charge on any atom is 0.228 e. The Labute approximate surface area is 146 Å². The molecule has 0 saturated heterocycles. The molecule has 1 aliphatic rings. The molecule has 2 aromatic rings. The minimum atomic E-state index is -0.285. The van der Waals surface area contributed by atoms with Gasteiger partial charge in [0.25, 0.3) is 0 Å². The second kappa shape index (κ2) is 6.65. The summed E-state index contributed by atoms with van der Waals surface area (Å²) in [7, 11) is 0. The van der Waals surface area contributed by atoms with Crippen LogP contribution in [0.5, 0.6) is 0 Å². The van der Waals surface area contributed by atoms with Crippen LogP contribution in [0.2, 0.25) is 5.02 Å². The number of nitrogens with one attached hydrogen (secondary N) is 2. The van der Waals surface area contributed by atoms with Crippen molar-refractivity contribution in [2.24, 2.45) is 11.8 Å². The largest absolute Gasteiger partial charge is 0.326 e. The number of amides is 2. The van der Waals surface area contributed by atoms with Crippen LogP contribution in [0.3, 0.4) is 0 Å². The Balaban J connectivity index is 1.60. The third kappa shape index (κ3) is 3.44. The Morgan fingerprint density at radius 3 is 2.17 bits per heavy atom. The fraction of sp³-hybridized carbons (Fsp3) is 0.263. The molecule has 2 N–H and O–H groups in total. The summed E-state index contributed by atoms with van der Waals surface area (Å²) in [4.78, 5) is 24.6. The van der Waals surface area contributed by atoms with Crippen molar-refractivity contribution in [2.45, 2.75) is 20.3 Å². The summed E-state index contributed by atoms with van der Waals surface area (Å²) in [5, 5.41) is 6.38. The SMILES string of the molecule is Cc1ccccc1NC(=O)C1CC1C(=O)Nc1cccc(Cl)c1C. The van der Waals surface area contributed by atoms with Crippen molar-refractivity contribution < 1.29 is 9.59 Å². The lowest BCUT2D eigenvalue weighted by molar-refractivity contribution is -0.122. The van der Waals surface area contributed by atoms with Gasteiger partial charge in [-0.25, -0.2) is 0 Å². The van der Waals surface area contributed by atoms with E-state index in [-0.39, 0.29) is 23.7 Å². The number of carbonyl (C=O) groups is 2. The van der Waals surface area contributed by atoms with Crippen molar-refractivity contribution in [3.05, 3.63) is 58.6 Å². The first-order chi connectivity index (χ1) is 11.5. The topological polar surface area (TPSA) is 58.2 Å². The second-order valence-electron chi connectivity index (χ2n) is 6.15. The van der Waals surface area contributed by atoms with E-state index < -0.39 is 0 Å². The van der Waals surface area contributed by atoms with E-state index in [4.69, 9.17) is 11.6 Å². The van der Waals surface area contributed by atoms with Gasteiger partial charge >= 0.3 is 0 Å². The van der Waals surface area contributed by atoms with Crippen LogP contribution in [0.25, 0.3) is 0 Å². The molecule has 5 heteroatoms. The van der Waals surface area contributed by atoms with E-state index >= 15 is 0 Å². The number of para-hydroxylation sites is 1. The molecular weight excluding hydrogens is 324 g/mol. The van der Waals surface area contributed by atoms with Crippen molar-refractivity contribution in [2.75, 3.05) is 10.6 Å². The van der Waals surface area contributed by atoms with Crippen LogP contribution in [-0.4, -0.2) is 11.8 Å². The zero-order valence-corrected chi connectivity index (χ0v) is 14.4. The summed E-state index contributed by atoms with van der Waals surface area (Å²) in [5.41, 5.74) is 3.31. The number of halogens is 1. The maximum absolute atomic E-state index is 12.3. The van der Waals surface area contributed by atoms with Gasteiger partial charge in [-0.15, -0.1) is 0 Å². The summed E-state index contributed by atoms with van der Waals surface area (Å²) >= 11 is 6.06. The van der Waals surface area contributed by atoms with Gasteiger partial charge in [0, 0.05) is 16.4 Å². The molecule has 24 heavy (non-hydrogen) atoms. The molecule has 1 saturated carbocycles. The zero-order valence-electron chi connectivity index (χ0n) is 13.6. The number of rotatable bonds is 4. The monoisotopic (exact) mass is 342 g/mol. The van der Waals surface area contributed by atoms with E-state index in [2.05, 4.69) is 10.6 Å². The number of hydrogen-bond donors (Lipinski definition) is 2.